The summed E-state index contributed by atoms with van der Waals surface area (Å²) in [5.41, 5.74) is 2.62. The molecule has 2 heterocycles. The summed E-state index contributed by atoms with van der Waals surface area (Å²) in [6.07, 6.45) is 0.558. The summed E-state index contributed by atoms with van der Waals surface area (Å²) in [7, 11) is 3.14. The minimum absolute atomic E-state index is 0.319. The van der Waals surface area contributed by atoms with Crippen molar-refractivity contribution < 1.29 is 14.3 Å². The van der Waals surface area contributed by atoms with E-state index in [4.69, 9.17) is 9.47 Å². The molecule has 0 bridgehead atoms. The molecule has 1 N–H and O–H groups in total. The van der Waals surface area contributed by atoms with Gasteiger partial charge >= 0.3 is 5.69 Å². The number of aryl methyl sites for hydroxylation is 1. The molecule has 0 radical (unpaired) electrons. The van der Waals surface area contributed by atoms with Crippen LogP contribution in [0.1, 0.15) is 16.7 Å². The topological polar surface area (TPSA) is 91.6 Å². The van der Waals surface area contributed by atoms with E-state index in [9.17, 15) is 14.4 Å². The highest BCUT2D eigenvalue weighted by Crippen LogP contribution is 2.27. The van der Waals surface area contributed by atoms with Gasteiger partial charge in [0.15, 0.2) is 11.5 Å². The van der Waals surface area contributed by atoms with Gasteiger partial charge in [-0.2, -0.15) is 0 Å². The minimum atomic E-state index is -0.501. The smallest absolute Gasteiger partial charge is 0.332 e. The van der Waals surface area contributed by atoms with Gasteiger partial charge in [0.25, 0.3) is 5.56 Å². The highest BCUT2D eigenvalue weighted by molar-refractivity contribution is 7.17. The van der Waals surface area contributed by atoms with E-state index in [1.807, 2.05) is 49.4 Å². The maximum atomic E-state index is 13.3. The number of amides is 1. The molecule has 0 aliphatic carbocycles. The Hall–Kier alpha value is -3.85. The molecule has 0 atom stereocenters. The fraction of sp³-hybridized carbons (Fsp3) is 0.269. The highest BCUT2D eigenvalue weighted by Gasteiger charge is 2.17. The molecule has 9 heteroatoms. The molecule has 0 spiro atoms. The molecule has 0 saturated carbocycles. The fourth-order valence-corrected chi connectivity index (χ4v) is 4.81. The Kier molecular flexibility index (Phi) is 7.36. The van der Waals surface area contributed by atoms with Crippen LogP contribution in [0.2, 0.25) is 0 Å². The minimum Gasteiger partial charge on any atom is -0.493 e. The van der Waals surface area contributed by atoms with E-state index in [1.54, 1.807) is 30.2 Å². The van der Waals surface area contributed by atoms with Gasteiger partial charge in [-0.05, 0) is 53.6 Å². The van der Waals surface area contributed by atoms with Crippen molar-refractivity contribution in [3.05, 3.63) is 91.4 Å². The van der Waals surface area contributed by atoms with E-state index in [1.165, 1.54) is 11.3 Å². The first-order chi connectivity index (χ1) is 16.9. The second kappa shape index (κ2) is 10.6. The lowest BCUT2D eigenvalue weighted by Crippen LogP contribution is -2.44. The first-order valence-electron chi connectivity index (χ1n) is 11.2. The van der Waals surface area contributed by atoms with Crippen molar-refractivity contribution in [3.8, 4) is 11.5 Å². The molecule has 8 nitrogen and oxygen atoms in total. The summed E-state index contributed by atoms with van der Waals surface area (Å²) < 4.78 is 13.6. The maximum Gasteiger partial charge on any atom is 0.332 e. The largest absolute Gasteiger partial charge is 0.493 e. The number of carbonyl (C=O) groups excluding carboxylic acids is 1. The molecule has 2 aromatic heterocycles. The van der Waals surface area contributed by atoms with Crippen molar-refractivity contribution >= 4 is 27.5 Å². The van der Waals surface area contributed by atoms with Crippen LogP contribution in [0.5, 0.6) is 11.5 Å². The van der Waals surface area contributed by atoms with Gasteiger partial charge in [-0.3, -0.25) is 14.2 Å². The van der Waals surface area contributed by atoms with E-state index < -0.39 is 17.2 Å². The quantitative estimate of drug-likeness (QED) is 0.387. The van der Waals surface area contributed by atoms with Crippen LogP contribution in [0, 0.1) is 6.92 Å². The zero-order chi connectivity index (χ0) is 24.9. The van der Waals surface area contributed by atoms with Gasteiger partial charge in [0.05, 0.1) is 26.3 Å². The number of thiophene rings is 1. The molecule has 0 saturated heterocycles. The number of hydrogen-bond donors (Lipinski definition) is 1. The highest BCUT2D eigenvalue weighted by atomic mass is 32.1. The number of benzene rings is 2. The Labute approximate surface area is 206 Å². The van der Waals surface area contributed by atoms with E-state index in [0.29, 0.717) is 41.2 Å². The molecule has 4 aromatic rings. The van der Waals surface area contributed by atoms with Crippen LogP contribution in [-0.2, 0) is 24.3 Å². The zero-order valence-electron chi connectivity index (χ0n) is 19.9. The lowest BCUT2D eigenvalue weighted by atomic mass is 10.1. The molecule has 0 unspecified atom stereocenters. The molecule has 0 aliphatic rings. The lowest BCUT2D eigenvalue weighted by Gasteiger charge is -2.14. The van der Waals surface area contributed by atoms with E-state index >= 15 is 0 Å². The summed E-state index contributed by atoms with van der Waals surface area (Å²) in [5.74, 6) is 0.843. The number of aromatic nitrogens is 2. The maximum absolute atomic E-state index is 13.3. The van der Waals surface area contributed by atoms with Gasteiger partial charge < -0.3 is 14.8 Å². The Morgan fingerprint density at radius 2 is 1.77 bits per heavy atom. The van der Waals surface area contributed by atoms with Gasteiger partial charge in [-0.25, -0.2) is 9.36 Å². The first kappa shape index (κ1) is 24.3. The monoisotopic (exact) mass is 493 g/mol. The molecule has 0 aliphatic heterocycles. The van der Waals surface area contributed by atoms with Gasteiger partial charge in [0.2, 0.25) is 5.91 Å². The normalized spacial score (nSPS) is 10.9. The number of fused-ring (bicyclic) bond motifs is 1. The van der Waals surface area contributed by atoms with Crippen LogP contribution in [-0.4, -0.2) is 35.8 Å². The van der Waals surface area contributed by atoms with Crippen molar-refractivity contribution in [2.45, 2.75) is 26.4 Å². The number of hydrogen-bond acceptors (Lipinski definition) is 6. The average molecular weight is 494 g/mol. The lowest BCUT2D eigenvalue weighted by molar-refractivity contribution is -0.121. The van der Waals surface area contributed by atoms with Crippen molar-refractivity contribution in [1.82, 2.24) is 14.5 Å². The molecular formula is C26H27N3O5S. The Balaban J connectivity index is 1.52. The summed E-state index contributed by atoms with van der Waals surface area (Å²) in [6, 6.07) is 15.1. The van der Waals surface area contributed by atoms with Crippen molar-refractivity contribution in [3.63, 3.8) is 0 Å². The predicted octanol–water partition coefficient (Wildman–Crippen LogP) is 2.96. The molecular weight excluding hydrogens is 466 g/mol. The molecule has 1 amide bonds. The van der Waals surface area contributed by atoms with Crippen LogP contribution in [0.15, 0.2) is 63.5 Å². The van der Waals surface area contributed by atoms with E-state index in [0.717, 1.165) is 21.3 Å². The third-order valence-corrected chi connectivity index (χ3v) is 6.80. The Morgan fingerprint density at radius 1 is 1.00 bits per heavy atom. The van der Waals surface area contributed by atoms with Crippen molar-refractivity contribution in [2.24, 2.45) is 0 Å². The van der Waals surface area contributed by atoms with Gasteiger partial charge in [-0.1, -0.05) is 30.3 Å². The summed E-state index contributed by atoms with van der Waals surface area (Å²) in [6.45, 7) is 2.31. The summed E-state index contributed by atoms with van der Waals surface area (Å²) >= 11 is 1.27. The number of ether oxygens (including phenoxy) is 2. The fourth-order valence-electron chi connectivity index (χ4n) is 3.97. The third kappa shape index (κ3) is 5.14. The van der Waals surface area contributed by atoms with E-state index in [-0.39, 0.29) is 6.54 Å². The van der Waals surface area contributed by atoms with Crippen LogP contribution in [0.25, 0.3) is 10.2 Å². The number of nitrogens with zero attached hydrogens (tertiary/aromatic N) is 2. The molecule has 0 fully saturated rings. The standard InChI is InChI=1S/C26H27N3O5S/c1-17-6-4-5-7-19(17)15-28-20-11-13-35-24(20)25(31)29(26(28)32)16-23(30)27-12-10-18-8-9-21(33-2)22(14-18)34-3/h4-9,11,13-14H,10,12,15-16H2,1-3H3,(H,27,30). The molecule has 182 valence electrons. The Bertz CT molecular complexity index is 1480. The van der Waals surface area contributed by atoms with Crippen LogP contribution < -0.4 is 26.0 Å². The number of methoxy groups -OCH3 is 2. The van der Waals surface area contributed by atoms with Crippen molar-refractivity contribution in [1.29, 1.82) is 0 Å². The van der Waals surface area contributed by atoms with Crippen molar-refractivity contribution in [2.75, 3.05) is 20.8 Å². The average Bonchev–Trinajstić information content (AvgIpc) is 3.35. The molecule has 35 heavy (non-hydrogen) atoms. The Morgan fingerprint density at radius 3 is 2.51 bits per heavy atom. The summed E-state index contributed by atoms with van der Waals surface area (Å²) in [5, 5.41) is 4.59. The second-order valence-electron chi connectivity index (χ2n) is 8.11. The second-order valence-corrected chi connectivity index (χ2v) is 9.03. The zero-order valence-corrected chi connectivity index (χ0v) is 20.7. The first-order valence-corrected chi connectivity index (χ1v) is 12.0. The molecule has 2 aromatic carbocycles. The third-order valence-electron chi connectivity index (χ3n) is 5.91. The summed E-state index contributed by atoms with van der Waals surface area (Å²) in [4.78, 5) is 39.0. The van der Waals surface area contributed by atoms with Gasteiger partial charge in [0.1, 0.15) is 11.2 Å². The SMILES string of the molecule is COc1ccc(CCNC(=O)Cn2c(=O)c3sccc3n(Cc3ccccc3C)c2=O)cc1OC. The number of carbonyl (C=O) groups is 1. The van der Waals surface area contributed by atoms with E-state index in [2.05, 4.69) is 5.32 Å². The molecule has 4 rings (SSSR count). The van der Waals surface area contributed by atoms with Crippen LogP contribution in [0.4, 0.5) is 0 Å². The van der Waals surface area contributed by atoms with Gasteiger partial charge in [0, 0.05) is 6.54 Å². The van der Waals surface area contributed by atoms with Crippen LogP contribution in [0.3, 0.4) is 0 Å². The predicted molar refractivity (Wildman–Crippen MR) is 137 cm³/mol. The number of nitrogens with one attached hydrogen (secondary N) is 1. The van der Waals surface area contributed by atoms with Gasteiger partial charge in [-0.15, -0.1) is 11.3 Å². The number of rotatable bonds is 9. The van der Waals surface area contributed by atoms with Crippen LogP contribution >= 0.6 is 11.3 Å².